The maximum absolute atomic E-state index is 7.18. The van der Waals surface area contributed by atoms with Crippen molar-refractivity contribution in [2.24, 2.45) is 5.73 Å². The number of rotatable bonds is 1. The number of aromatic nitrogens is 3. The third kappa shape index (κ3) is 0.914. The van der Waals surface area contributed by atoms with E-state index in [1.54, 1.807) is 18.2 Å². The highest BCUT2D eigenvalue weighted by Gasteiger charge is 2.00. The third-order valence-electron chi connectivity index (χ3n) is 1.64. The van der Waals surface area contributed by atoms with Crippen molar-refractivity contribution in [1.29, 1.82) is 5.41 Å². The number of aromatic amines is 1. The van der Waals surface area contributed by atoms with Crippen molar-refractivity contribution < 1.29 is 0 Å². The number of hydrogen-bond acceptors (Lipinski definition) is 3. The SMILES string of the molecule is N=C(N)c1ccc2[nH]nnc2c1. The van der Waals surface area contributed by atoms with E-state index >= 15 is 0 Å². The fourth-order valence-corrected chi connectivity index (χ4v) is 1.01. The molecule has 0 spiro atoms. The molecule has 0 amide bonds. The van der Waals surface area contributed by atoms with E-state index in [4.69, 9.17) is 11.1 Å². The lowest BCUT2D eigenvalue weighted by molar-refractivity contribution is 0.959. The van der Waals surface area contributed by atoms with Gasteiger partial charge in [0.1, 0.15) is 11.4 Å². The Morgan fingerprint density at radius 2 is 2.33 bits per heavy atom. The molecule has 5 heteroatoms. The molecule has 0 fully saturated rings. The van der Waals surface area contributed by atoms with Gasteiger partial charge < -0.3 is 5.73 Å². The first kappa shape index (κ1) is 6.78. The van der Waals surface area contributed by atoms with Gasteiger partial charge in [-0.1, -0.05) is 5.21 Å². The molecule has 60 valence electrons. The van der Waals surface area contributed by atoms with Crippen LogP contribution in [-0.4, -0.2) is 21.2 Å². The van der Waals surface area contributed by atoms with Crippen molar-refractivity contribution in [3.8, 4) is 0 Å². The van der Waals surface area contributed by atoms with Gasteiger partial charge in [-0.05, 0) is 18.2 Å². The van der Waals surface area contributed by atoms with Crippen LogP contribution in [0.15, 0.2) is 18.2 Å². The highest BCUT2D eigenvalue weighted by atomic mass is 15.3. The van der Waals surface area contributed by atoms with E-state index in [9.17, 15) is 0 Å². The number of nitrogens with zero attached hydrogens (tertiary/aromatic N) is 2. The summed E-state index contributed by atoms with van der Waals surface area (Å²) in [4.78, 5) is 0. The summed E-state index contributed by atoms with van der Waals surface area (Å²) in [7, 11) is 0. The molecule has 4 N–H and O–H groups in total. The molecule has 5 nitrogen and oxygen atoms in total. The van der Waals surface area contributed by atoms with Gasteiger partial charge in [0.05, 0.1) is 5.52 Å². The van der Waals surface area contributed by atoms with Crippen LogP contribution in [0.25, 0.3) is 11.0 Å². The number of nitrogens with two attached hydrogens (primary N) is 1. The van der Waals surface area contributed by atoms with Crippen LogP contribution in [0.4, 0.5) is 0 Å². The topological polar surface area (TPSA) is 91.4 Å². The van der Waals surface area contributed by atoms with Crippen LogP contribution in [0.2, 0.25) is 0 Å². The zero-order valence-electron chi connectivity index (χ0n) is 6.20. The van der Waals surface area contributed by atoms with Crippen molar-refractivity contribution in [1.82, 2.24) is 15.4 Å². The third-order valence-corrected chi connectivity index (χ3v) is 1.64. The van der Waals surface area contributed by atoms with Crippen molar-refractivity contribution >= 4 is 16.9 Å². The first-order valence-corrected chi connectivity index (χ1v) is 3.42. The lowest BCUT2D eigenvalue weighted by Gasteiger charge is -1.95. The molecule has 1 heterocycles. The zero-order chi connectivity index (χ0) is 8.55. The van der Waals surface area contributed by atoms with Crippen molar-refractivity contribution in [3.63, 3.8) is 0 Å². The molecule has 0 saturated heterocycles. The van der Waals surface area contributed by atoms with E-state index in [2.05, 4.69) is 15.4 Å². The summed E-state index contributed by atoms with van der Waals surface area (Å²) < 4.78 is 0. The van der Waals surface area contributed by atoms with Gasteiger partial charge in [0, 0.05) is 5.56 Å². The maximum atomic E-state index is 7.18. The average Bonchev–Trinajstić information content (AvgIpc) is 2.49. The van der Waals surface area contributed by atoms with E-state index in [-0.39, 0.29) is 5.84 Å². The van der Waals surface area contributed by atoms with Crippen molar-refractivity contribution in [2.75, 3.05) is 0 Å². The standard InChI is InChI=1S/C7H7N5/c8-7(9)4-1-2-5-6(3-4)11-12-10-5/h1-3H,(H3,8,9)(H,10,11,12). The van der Waals surface area contributed by atoms with Gasteiger partial charge in [-0.15, -0.1) is 5.10 Å². The monoisotopic (exact) mass is 161 g/mol. The smallest absolute Gasteiger partial charge is 0.122 e. The second kappa shape index (κ2) is 2.30. The van der Waals surface area contributed by atoms with Crippen LogP contribution in [0.5, 0.6) is 0 Å². The number of fused-ring (bicyclic) bond motifs is 1. The lowest BCUT2D eigenvalue weighted by atomic mass is 10.2. The molecule has 2 rings (SSSR count). The number of nitrogens with one attached hydrogen (secondary N) is 2. The largest absolute Gasteiger partial charge is 0.384 e. The molecule has 0 bridgehead atoms. The maximum Gasteiger partial charge on any atom is 0.122 e. The summed E-state index contributed by atoms with van der Waals surface area (Å²) in [5, 5.41) is 17.3. The predicted octanol–water partition coefficient (Wildman–Crippen LogP) is 0.242. The average molecular weight is 161 g/mol. The second-order valence-corrected chi connectivity index (χ2v) is 2.46. The van der Waals surface area contributed by atoms with Crippen LogP contribution in [-0.2, 0) is 0 Å². The quantitative estimate of drug-likeness (QED) is 0.413. The normalized spacial score (nSPS) is 10.3. The molecule has 1 aromatic carbocycles. The van der Waals surface area contributed by atoms with Gasteiger partial charge in [0.2, 0.25) is 0 Å². The van der Waals surface area contributed by atoms with E-state index in [1.807, 2.05) is 0 Å². The Morgan fingerprint density at radius 1 is 1.50 bits per heavy atom. The van der Waals surface area contributed by atoms with Crippen LogP contribution in [0, 0.1) is 5.41 Å². The number of benzene rings is 1. The predicted molar refractivity (Wildman–Crippen MR) is 44.9 cm³/mol. The van der Waals surface area contributed by atoms with E-state index in [0.717, 1.165) is 11.0 Å². The molecular weight excluding hydrogens is 154 g/mol. The lowest BCUT2D eigenvalue weighted by Crippen LogP contribution is -2.10. The Labute approximate surface area is 68.1 Å². The summed E-state index contributed by atoms with van der Waals surface area (Å²) in [5.41, 5.74) is 7.53. The number of amidine groups is 1. The highest BCUT2D eigenvalue weighted by Crippen LogP contribution is 2.09. The first-order chi connectivity index (χ1) is 5.77. The van der Waals surface area contributed by atoms with E-state index in [1.165, 1.54) is 0 Å². The second-order valence-electron chi connectivity index (χ2n) is 2.46. The Hall–Kier alpha value is -1.91. The number of H-pyrrole nitrogens is 1. The molecule has 2 aromatic rings. The minimum absolute atomic E-state index is 0.0416. The number of nitrogen functional groups attached to an aromatic ring is 1. The molecule has 0 unspecified atom stereocenters. The minimum atomic E-state index is 0.0416. The summed E-state index contributed by atoms with van der Waals surface area (Å²) in [6.45, 7) is 0. The summed E-state index contributed by atoms with van der Waals surface area (Å²) >= 11 is 0. The van der Waals surface area contributed by atoms with Crippen LogP contribution < -0.4 is 5.73 Å². The van der Waals surface area contributed by atoms with Crippen LogP contribution >= 0.6 is 0 Å². The number of hydrogen-bond donors (Lipinski definition) is 3. The summed E-state index contributed by atoms with van der Waals surface area (Å²) in [6, 6.07) is 5.28. The molecule has 0 aliphatic rings. The fourth-order valence-electron chi connectivity index (χ4n) is 1.01. The first-order valence-electron chi connectivity index (χ1n) is 3.42. The minimum Gasteiger partial charge on any atom is -0.384 e. The van der Waals surface area contributed by atoms with Gasteiger partial charge in [0.15, 0.2) is 0 Å². The van der Waals surface area contributed by atoms with Gasteiger partial charge in [0.25, 0.3) is 0 Å². The summed E-state index contributed by atoms with van der Waals surface area (Å²) in [6.07, 6.45) is 0. The van der Waals surface area contributed by atoms with Crippen LogP contribution in [0.1, 0.15) is 5.56 Å². The molecule has 0 saturated carbocycles. The molecule has 0 radical (unpaired) electrons. The molecule has 12 heavy (non-hydrogen) atoms. The molecule has 0 atom stereocenters. The van der Waals surface area contributed by atoms with Gasteiger partial charge in [-0.3, -0.25) is 10.5 Å². The Bertz CT molecular complexity index is 430. The van der Waals surface area contributed by atoms with Gasteiger partial charge >= 0.3 is 0 Å². The van der Waals surface area contributed by atoms with Gasteiger partial charge in [-0.2, -0.15) is 0 Å². The zero-order valence-corrected chi connectivity index (χ0v) is 6.20. The van der Waals surface area contributed by atoms with E-state index < -0.39 is 0 Å². The molecule has 0 aliphatic heterocycles. The highest BCUT2D eigenvalue weighted by molar-refractivity contribution is 5.97. The fraction of sp³-hybridized carbons (Fsp3) is 0. The van der Waals surface area contributed by atoms with Crippen LogP contribution in [0.3, 0.4) is 0 Å². The molecule has 1 aromatic heterocycles. The Balaban J connectivity index is 2.68. The summed E-state index contributed by atoms with van der Waals surface area (Å²) in [5.74, 6) is 0.0416. The van der Waals surface area contributed by atoms with Crippen molar-refractivity contribution in [3.05, 3.63) is 23.8 Å². The Kier molecular flexibility index (Phi) is 1.30. The van der Waals surface area contributed by atoms with E-state index in [0.29, 0.717) is 5.56 Å². The molecule has 0 aliphatic carbocycles. The Morgan fingerprint density at radius 3 is 3.08 bits per heavy atom. The van der Waals surface area contributed by atoms with Gasteiger partial charge in [-0.25, -0.2) is 0 Å². The molecular formula is C7H7N5. The van der Waals surface area contributed by atoms with Crippen molar-refractivity contribution in [2.45, 2.75) is 0 Å².